The number of carbonyl (C=O) groups is 1. The van der Waals surface area contributed by atoms with E-state index in [2.05, 4.69) is 4.98 Å². The molecule has 1 atom stereocenters. The summed E-state index contributed by atoms with van der Waals surface area (Å²) in [7, 11) is 0. The highest BCUT2D eigenvalue weighted by atomic mass is 35.5. The van der Waals surface area contributed by atoms with E-state index in [9.17, 15) is 4.79 Å². The Morgan fingerprint density at radius 3 is 2.89 bits per heavy atom. The lowest BCUT2D eigenvalue weighted by Crippen LogP contribution is -2.16. The van der Waals surface area contributed by atoms with E-state index in [-0.39, 0.29) is 18.9 Å². The average molecular weight is 265 g/mol. The van der Waals surface area contributed by atoms with E-state index in [1.807, 2.05) is 12.1 Å². The maximum atomic E-state index is 10.8. The molecule has 0 bridgehead atoms. The van der Waals surface area contributed by atoms with Gasteiger partial charge in [-0.15, -0.1) is 0 Å². The minimum Gasteiger partial charge on any atom is -0.481 e. The van der Waals surface area contributed by atoms with Crippen molar-refractivity contribution in [3.8, 4) is 0 Å². The summed E-state index contributed by atoms with van der Waals surface area (Å²) in [6.45, 7) is 0.286. The highest BCUT2D eigenvalue weighted by molar-refractivity contribution is 6.31. The third-order valence-corrected chi connectivity index (χ3v) is 3.12. The summed E-state index contributed by atoms with van der Waals surface area (Å²) in [6, 6.07) is 7.19. The highest BCUT2D eigenvalue weighted by Crippen LogP contribution is 2.27. The van der Waals surface area contributed by atoms with Gasteiger partial charge in [-0.2, -0.15) is 0 Å². The number of rotatable bonds is 4. The van der Waals surface area contributed by atoms with E-state index in [0.717, 1.165) is 16.5 Å². The molecular formula is C13H13ClN2O2. The second kappa shape index (κ2) is 5.33. The van der Waals surface area contributed by atoms with Gasteiger partial charge in [-0.3, -0.25) is 9.78 Å². The molecule has 2 rings (SSSR count). The Labute approximate surface area is 109 Å². The predicted octanol–water partition coefficient (Wildman–Crippen LogP) is 2.41. The molecule has 0 aliphatic carbocycles. The van der Waals surface area contributed by atoms with Crippen LogP contribution in [0.5, 0.6) is 0 Å². The number of fused-ring (bicyclic) bond motifs is 1. The molecule has 1 unspecified atom stereocenters. The predicted molar refractivity (Wildman–Crippen MR) is 70.8 cm³/mol. The van der Waals surface area contributed by atoms with Gasteiger partial charge in [0.15, 0.2) is 0 Å². The average Bonchev–Trinajstić information content (AvgIpc) is 2.34. The van der Waals surface area contributed by atoms with Crippen molar-refractivity contribution < 1.29 is 9.90 Å². The van der Waals surface area contributed by atoms with Crippen LogP contribution in [0, 0.1) is 0 Å². The van der Waals surface area contributed by atoms with Gasteiger partial charge in [-0.25, -0.2) is 0 Å². The normalized spacial score (nSPS) is 12.6. The van der Waals surface area contributed by atoms with Crippen LogP contribution in [0.3, 0.4) is 0 Å². The fourth-order valence-electron chi connectivity index (χ4n) is 2.03. The number of carboxylic acid groups (broad SMARTS) is 1. The van der Waals surface area contributed by atoms with E-state index < -0.39 is 5.97 Å². The Morgan fingerprint density at radius 2 is 2.22 bits per heavy atom. The molecule has 4 nitrogen and oxygen atoms in total. The summed E-state index contributed by atoms with van der Waals surface area (Å²) in [4.78, 5) is 15.1. The lowest BCUT2D eigenvalue weighted by Gasteiger charge is -2.15. The van der Waals surface area contributed by atoms with Crippen LogP contribution in [0.25, 0.3) is 10.9 Å². The Bertz CT molecular complexity index is 586. The van der Waals surface area contributed by atoms with E-state index >= 15 is 0 Å². The number of benzene rings is 1. The van der Waals surface area contributed by atoms with Crippen molar-refractivity contribution in [3.63, 3.8) is 0 Å². The molecule has 0 radical (unpaired) electrons. The molecule has 0 fully saturated rings. The first-order valence-corrected chi connectivity index (χ1v) is 5.95. The molecule has 0 aliphatic heterocycles. The molecule has 0 aliphatic rings. The number of nitrogens with zero attached hydrogens (tertiary/aromatic N) is 1. The molecule has 94 valence electrons. The fraction of sp³-hybridized carbons (Fsp3) is 0.231. The van der Waals surface area contributed by atoms with E-state index in [1.54, 1.807) is 18.3 Å². The number of carboxylic acids is 1. The van der Waals surface area contributed by atoms with Crippen molar-refractivity contribution in [1.29, 1.82) is 0 Å². The zero-order valence-corrected chi connectivity index (χ0v) is 10.4. The molecule has 2 aromatic rings. The number of hydrogen-bond donors (Lipinski definition) is 2. The second-order valence-electron chi connectivity index (χ2n) is 4.09. The number of nitrogens with two attached hydrogens (primary N) is 1. The Kier molecular flexibility index (Phi) is 3.79. The molecule has 0 spiro atoms. The van der Waals surface area contributed by atoms with Gasteiger partial charge in [0.1, 0.15) is 0 Å². The molecule has 1 heterocycles. The smallest absolute Gasteiger partial charge is 0.304 e. The summed E-state index contributed by atoms with van der Waals surface area (Å²) >= 11 is 5.91. The van der Waals surface area contributed by atoms with Gasteiger partial charge >= 0.3 is 5.97 Å². The van der Waals surface area contributed by atoms with Crippen molar-refractivity contribution in [2.24, 2.45) is 5.73 Å². The van der Waals surface area contributed by atoms with Crippen molar-refractivity contribution in [3.05, 3.63) is 41.0 Å². The van der Waals surface area contributed by atoms with Gasteiger partial charge in [0.2, 0.25) is 0 Å². The first-order valence-electron chi connectivity index (χ1n) is 5.58. The van der Waals surface area contributed by atoms with Crippen molar-refractivity contribution in [1.82, 2.24) is 4.98 Å². The van der Waals surface area contributed by atoms with Crippen LogP contribution in [-0.2, 0) is 4.79 Å². The van der Waals surface area contributed by atoms with Gasteiger partial charge < -0.3 is 10.8 Å². The first kappa shape index (κ1) is 12.8. The van der Waals surface area contributed by atoms with Crippen LogP contribution in [0.2, 0.25) is 5.02 Å². The quantitative estimate of drug-likeness (QED) is 0.889. The Balaban J connectivity index is 2.52. The van der Waals surface area contributed by atoms with E-state index in [1.165, 1.54) is 0 Å². The Hall–Kier alpha value is -1.65. The summed E-state index contributed by atoms with van der Waals surface area (Å²) < 4.78 is 0. The van der Waals surface area contributed by atoms with Crippen LogP contribution >= 0.6 is 11.6 Å². The summed E-state index contributed by atoms with van der Waals surface area (Å²) in [5.41, 5.74) is 7.32. The summed E-state index contributed by atoms with van der Waals surface area (Å²) in [6.07, 6.45) is 1.66. The molecule has 0 saturated heterocycles. The molecule has 1 aromatic heterocycles. The molecule has 0 saturated carbocycles. The van der Waals surface area contributed by atoms with Crippen LogP contribution in [0.4, 0.5) is 0 Å². The fourth-order valence-corrected chi connectivity index (χ4v) is 2.20. The largest absolute Gasteiger partial charge is 0.481 e. The number of aromatic nitrogens is 1. The monoisotopic (exact) mass is 264 g/mol. The van der Waals surface area contributed by atoms with Crippen molar-refractivity contribution >= 4 is 28.5 Å². The van der Waals surface area contributed by atoms with Crippen LogP contribution in [0.15, 0.2) is 30.5 Å². The maximum Gasteiger partial charge on any atom is 0.304 e. The Morgan fingerprint density at radius 1 is 1.44 bits per heavy atom. The van der Waals surface area contributed by atoms with Crippen molar-refractivity contribution in [2.45, 2.75) is 12.3 Å². The molecule has 18 heavy (non-hydrogen) atoms. The third-order valence-electron chi connectivity index (χ3n) is 2.88. The molecule has 5 heteroatoms. The number of pyridine rings is 1. The zero-order chi connectivity index (χ0) is 13.1. The lowest BCUT2D eigenvalue weighted by atomic mass is 9.93. The van der Waals surface area contributed by atoms with E-state index in [0.29, 0.717) is 5.02 Å². The molecule has 0 amide bonds. The van der Waals surface area contributed by atoms with Crippen LogP contribution < -0.4 is 5.73 Å². The highest BCUT2D eigenvalue weighted by Gasteiger charge is 2.16. The van der Waals surface area contributed by atoms with Gasteiger partial charge in [-0.1, -0.05) is 17.7 Å². The molecule has 1 aromatic carbocycles. The van der Waals surface area contributed by atoms with Crippen molar-refractivity contribution in [2.75, 3.05) is 6.54 Å². The number of aliphatic carboxylic acids is 1. The van der Waals surface area contributed by atoms with Gasteiger partial charge in [0, 0.05) is 22.5 Å². The minimum atomic E-state index is -0.857. The van der Waals surface area contributed by atoms with Gasteiger partial charge in [-0.05, 0) is 30.3 Å². The standard InChI is InChI=1S/C13H13ClN2O2/c14-9-1-2-11-10(3-4-16-12(11)6-9)8(7-15)5-13(17)18/h1-4,6,8H,5,7,15H2,(H,17,18). The van der Waals surface area contributed by atoms with E-state index in [4.69, 9.17) is 22.4 Å². The SMILES string of the molecule is NCC(CC(=O)O)c1ccnc2cc(Cl)ccc12. The van der Waals surface area contributed by atoms with Gasteiger partial charge in [0.25, 0.3) is 0 Å². The van der Waals surface area contributed by atoms with Gasteiger partial charge in [0.05, 0.1) is 11.9 Å². The lowest BCUT2D eigenvalue weighted by molar-refractivity contribution is -0.137. The zero-order valence-electron chi connectivity index (χ0n) is 9.64. The van der Waals surface area contributed by atoms with Crippen LogP contribution in [0.1, 0.15) is 17.9 Å². The number of hydrogen-bond acceptors (Lipinski definition) is 3. The third kappa shape index (κ3) is 2.60. The van der Waals surface area contributed by atoms with Crippen LogP contribution in [-0.4, -0.2) is 22.6 Å². The first-order chi connectivity index (χ1) is 8.61. The maximum absolute atomic E-state index is 10.8. The summed E-state index contributed by atoms with van der Waals surface area (Å²) in [5, 5.41) is 10.4. The summed E-state index contributed by atoms with van der Waals surface area (Å²) in [5.74, 6) is -1.07. The molecule has 3 N–H and O–H groups in total. The minimum absolute atomic E-state index is 0.0121. The second-order valence-corrected chi connectivity index (χ2v) is 4.53. The number of halogens is 1. The molecular weight excluding hydrogens is 252 g/mol. The topological polar surface area (TPSA) is 76.2 Å².